The molecule has 0 atom stereocenters. The summed E-state index contributed by atoms with van der Waals surface area (Å²) < 4.78 is 4.74. The first-order valence-corrected chi connectivity index (χ1v) is 6.64. The Hall–Kier alpha value is -1.92. The average molecular weight is 286 g/mol. The molecule has 0 radical (unpaired) electrons. The molecule has 114 valence electrons. The van der Waals surface area contributed by atoms with Crippen molar-refractivity contribution in [3.8, 4) is 0 Å². The maximum Gasteiger partial charge on any atom is 0.306 e. The molecular weight excluding hydrogens is 264 g/mol. The van der Waals surface area contributed by atoms with E-state index in [1.165, 1.54) is 7.05 Å². The van der Waals surface area contributed by atoms with Gasteiger partial charge in [-0.2, -0.15) is 0 Å². The van der Waals surface area contributed by atoms with Gasteiger partial charge in [0.1, 0.15) is 5.78 Å². The molecule has 0 saturated carbocycles. The molecule has 0 aromatic heterocycles. The SMILES string of the molecule is CCC(=O)CCCC(=O)OCC(=O)NCCC(=O)NC. The minimum absolute atomic E-state index is 0.102. The molecule has 0 fully saturated rings. The number of nitrogens with one attached hydrogen (secondary N) is 2. The second-order valence-corrected chi connectivity index (χ2v) is 4.18. The topological polar surface area (TPSA) is 102 Å². The van der Waals surface area contributed by atoms with Gasteiger partial charge >= 0.3 is 5.97 Å². The van der Waals surface area contributed by atoms with E-state index in [4.69, 9.17) is 4.74 Å². The summed E-state index contributed by atoms with van der Waals surface area (Å²) in [6.45, 7) is 1.60. The van der Waals surface area contributed by atoms with Gasteiger partial charge in [-0.1, -0.05) is 6.92 Å². The molecule has 7 nitrogen and oxygen atoms in total. The molecule has 2 N–H and O–H groups in total. The molecule has 20 heavy (non-hydrogen) atoms. The van der Waals surface area contributed by atoms with Gasteiger partial charge in [0.2, 0.25) is 5.91 Å². The van der Waals surface area contributed by atoms with E-state index >= 15 is 0 Å². The molecule has 0 heterocycles. The van der Waals surface area contributed by atoms with E-state index < -0.39 is 11.9 Å². The van der Waals surface area contributed by atoms with Crippen molar-refractivity contribution in [3.05, 3.63) is 0 Å². The molecule has 7 heteroatoms. The van der Waals surface area contributed by atoms with E-state index in [2.05, 4.69) is 10.6 Å². The van der Waals surface area contributed by atoms with Crippen molar-refractivity contribution in [2.24, 2.45) is 0 Å². The summed E-state index contributed by atoms with van der Waals surface area (Å²) >= 11 is 0. The first kappa shape index (κ1) is 18.1. The van der Waals surface area contributed by atoms with Gasteiger partial charge in [-0.25, -0.2) is 0 Å². The Kier molecular flexibility index (Phi) is 9.90. The molecule has 0 aromatic rings. The van der Waals surface area contributed by atoms with Crippen LogP contribution in [0.2, 0.25) is 0 Å². The average Bonchev–Trinajstić information content (AvgIpc) is 2.44. The summed E-state index contributed by atoms with van der Waals surface area (Å²) in [5.74, 6) is -1.03. The minimum atomic E-state index is -0.504. The second-order valence-electron chi connectivity index (χ2n) is 4.18. The number of esters is 1. The zero-order valence-electron chi connectivity index (χ0n) is 12.0. The lowest BCUT2D eigenvalue weighted by molar-refractivity contribution is -0.148. The molecular formula is C13H22N2O5. The number of ether oxygens (including phenoxy) is 1. The van der Waals surface area contributed by atoms with Gasteiger partial charge in [0, 0.05) is 39.3 Å². The van der Waals surface area contributed by atoms with Crippen LogP contribution in [0, 0.1) is 0 Å². The maximum absolute atomic E-state index is 11.3. The molecule has 0 bridgehead atoms. The quantitative estimate of drug-likeness (QED) is 0.547. The number of hydrogen-bond acceptors (Lipinski definition) is 5. The highest BCUT2D eigenvalue weighted by molar-refractivity contribution is 5.82. The third-order valence-corrected chi connectivity index (χ3v) is 2.55. The number of ketones is 1. The van der Waals surface area contributed by atoms with Crippen LogP contribution >= 0.6 is 0 Å². The van der Waals surface area contributed by atoms with Crippen LogP contribution in [0.15, 0.2) is 0 Å². The highest BCUT2D eigenvalue weighted by Gasteiger charge is 2.08. The fraction of sp³-hybridized carbons (Fsp3) is 0.692. The summed E-state index contributed by atoms with van der Waals surface area (Å²) in [6, 6.07) is 0. The van der Waals surface area contributed by atoms with Crippen molar-refractivity contribution in [2.45, 2.75) is 39.0 Å². The first-order valence-electron chi connectivity index (χ1n) is 6.64. The predicted octanol–water partition coefficient (Wildman–Crippen LogP) is -0.0687. The predicted molar refractivity (Wildman–Crippen MR) is 71.8 cm³/mol. The summed E-state index contributed by atoms with van der Waals surface area (Å²) in [6.07, 6.45) is 1.54. The largest absolute Gasteiger partial charge is 0.456 e. The molecule has 0 unspecified atom stereocenters. The Balaban J connectivity index is 3.60. The summed E-state index contributed by atoms with van der Waals surface area (Å²) in [4.78, 5) is 44.4. The van der Waals surface area contributed by atoms with Crippen LogP contribution in [0.3, 0.4) is 0 Å². The lowest BCUT2D eigenvalue weighted by atomic mass is 10.1. The van der Waals surface area contributed by atoms with Crippen LogP contribution in [-0.2, 0) is 23.9 Å². The third-order valence-electron chi connectivity index (χ3n) is 2.55. The van der Waals surface area contributed by atoms with Gasteiger partial charge in [-0.05, 0) is 6.42 Å². The van der Waals surface area contributed by atoms with Crippen LogP contribution in [-0.4, -0.2) is 43.8 Å². The van der Waals surface area contributed by atoms with Gasteiger partial charge in [0.25, 0.3) is 5.91 Å². The monoisotopic (exact) mass is 286 g/mol. The number of carbonyl (C=O) groups excluding carboxylic acids is 4. The third kappa shape index (κ3) is 10.0. The smallest absolute Gasteiger partial charge is 0.306 e. The summed E-state index contributed by atoms with van der Waals surface area (Å²) in [5, 5.41) is 4.88. The molecule has 0 saturated heterocycles. The van der Waals surface area contributed by atoms with Gasteiger partial charge in [-0.3, -0.25) is 19.2 Å². The Morgan fingerprint density at radius 3 is 2.30 bits per heavy atom. The van der Waals surface area contributed by atoms with Crippen molar-refractivity contribution >= 4 is 23.6 Å². The van der Waals surface area contributed by atoms with Crippen molar-refractivity contribution in [3.63, 3.8) is 0 Å². The standard InChI is InChI=1S/C13H22N2O5/c1-3-10(16)5-4-6-13(19)20-9-12(18)15-8-7-11(17)14-2/h3-9H2,1-2H3,(H,14,17)(H,15,18). The Labute approximate surface area is 118 Å². The summed E-state index contributed by atoms with van der Waals surface area (Å²) in [5.41, 5.74) is 0. The van der Waals surface area contributed by atoms with Crippen LogP contribution in [0.4, 0.5) is 0 Å². The molecule has 0 rings (SSSR count). The van der Waals surface area contributed by atoms with E-state index in [1.54, 1.807) is 6.92 Å². The fourth-order valence-electron chi connectivity index (χ4n) is 1.32. The Bertz CT molecular complexity index is 321. The van der Waals surface area contributed by atoms with E-state index in [0.29, 0.717) is 19.3 Å². The number of amides is 2. The van der Waals surface area contributed by atoms with Gasteiger partial charge < -0.3 is 15.4 Å². The normalized spacial score (nSPS) is 9.70. The highest BCUT2D eigenvalue weighted by Crippen LogP contribution is 2.00. The van der Waals surface area contributed by atoms with Crippen molar-refractivity contribution in [2.75, 3.05) is 20.2 Å². The molecule has 0 aromatic carbocycles. The van der Waals surface area contributed by atoms with E-state index in [-0.39, 0.29) is 37.7 Å². The highest BCUT2D eigenvalue weighted by atomic mass is 16.5. The number of hydrogen-bond donors (Lipinski definition) is 2. The lowest BCUT2D eigenvalue weighted by Gasteiger charge is -2.06. The van der Waals surface area contributed by atoms with Crippen molar-refractivity contribution in [1.29, 1.82) is 0 Å². The van der Waals surface area contributed by atoms with Crippen LogP contribution in [0.5, 0.6) is 0 Å². The fourth-order valence-corrected chi connectivity index (χ4v) is 1.32. The van der Waals surface area contributed by atoms with Gasteiger partial charge in [-0.15, -0.1) is 0 Å². The molecule has 0 aliphatic carbocycles. The van der Waals surface area contributed by atoms with Crippen molar-refractivity contribution < 1.29 is 23.9 Å². The number of Topliss-reactive ketones (excluding diaryl/α,β-unsaturated/α-hetero) is 1. The zero-order chi connectivity index (χ0) is 15.4. The van der Waals surface area contributed by atoms with Crippen LogP contribution < -0.4 is 10.6 Å². The van der Waals surface area contributed by atoms with Crippen LogP contribution in [0.1, 0.15) is 39.0 Å². The van der Waals surface area contributed by atoms with Gasteiger partial charge in [0.05, 0.1) is 0 Å². The van der Waals surface area contributed by atoms with Crippen LogP contribution in [0.25, 0.3) is 0 Å². The van der Waals surface area contributed by atoms with E-state index in [0.717, 1.165) is 0 Å². The molecule has 0 aliphatic rings. The van der Waals surface area contributed by atoms with Gasteiger partial charge in [0.15, 0.2) is 6.61 Å². The summed E-state index contributed by atoms with van der Waals surface area (Å²) in [7, 11) is 1.51. The molecule has 2 amide bonds. The number of rotatable bonds is 10. The second kappa shape index (κ2) is 11.0. The molecule has 0 aliphatic heterocycles. The maximum atomic E-state index is 11.3. The lowest BCUT2D eigenvalue weighted by Crippen LogP contribution is -2.32. The Morgan fingerprint density at radius 2 is 1.70 bits per heavy atom. The Morgan fingerprint density at radius 1 is 1.00 bits per heavy atom. The van der Waals surface area contributed by atoms with Crippen molar-refractivity contribution in [1.82, 2.24) is 10.6 Å². The van der Waals surface area contributed by atoms with E-state index in [9.17, 15) is 19.2 Å². The molecule has 0 spiro atoms. The number of carbonyl (C=O) groups is 4. The van der Waals surface area contributed by atoms with E-state index in [1.807, 2.05) is 0 Å². The first-order chi connectivity index (χ1) is 9.49. The zero-order valence-corrected chi connectivity index (χ0v) is 12.0. The minimum Gasteiger partial charge on any atom is -0.456 e.